The molecule has 0 heterocycles. The monoisotopic (exact) mass is 293 g/mol. The molecule has 0 fully saturated rings. The number of benzene rings is 1. The van der Waals surface area contributed by atoms with E-state index in [2.05, 4.69) is 33.0 Å². The van der Waals surface area contributed by atoms with E-state index in [-0.39, 0.29) is 11.7 Å². The fourth-order valence-corrected chi connectivity index (χ4v) is 2.48. The Morgan fingerprint density at radius 3 is 2.19 bits per heavy atom. The van der Waals surface area contributed by atoms with Crippen molar-refractivity contribution in [1.29, 1.82) is 0 Å². The van der Waals surface area contributed by atoms with Crippen molar-refractivity contribution in [2.75, 3.05) is 6.54 Å². The van der Waals surface area contributed by atoms with Crippen molar-refractivity contribution in [2.24, 2.45) is 17.8 Å². The van der Waals surface area contributed by atoms with Gasteiger partial charge in [0.25, 0.3) is 5.91 Å². The van der Waals surface area contributed by atoms with Gasteiger partial charge in [0.05, 0.1) is 0 Å². The Balaban J connectivity index is 2.50. The van der Waals surface area contributed by atoms with Gasteiger partial charge in [-0.3, -0.25) is 4.79 Å². The molecule has 0 bridgehead atoms. The van der Waals surface area contributed by atoms with Crippen LogP contribution in [0.5, 0.6) is 0 Å². The van der Waals surface area contributed by atoms with Crippen molar-refractivity contribution in [1.82, 2.24) is 5.32 Å². The van der Waals surface area contributed by atoms with Crippen LogP contribution in [0, 0.1) is 23.6 Å². The van der Waals surface area contributed by atoms with Gasteiger partial charge in [0.15, 0.2) is 0 Å². The molecule has 0 saturated heterocycles. The number of amides is 1. The second-order valence-electron chi connectivity index (χ2n) is 6.68. The standard InChI is InChI=1S/C18H28FNO/c1-13(2)5-6-15(11-14(3)4)12-20-18(21)16-7-9-17(19)10-8-16/h7-10,13-15H,5-6,11-12H2,1-4H3,(H,20,21). The molecule has 1 aromatic rings. The highest BCUT2D eigenvalue weighted by Gasteiger charge is 2.14. The highest BCUT2D eigenvalue weighted by atomic mass is 19.1. The molecule has 1 aromatic carbocycles. The molecular formula is C18H28FNO. The third-order valence-corrected chi connectivity index (χ3v) is 3.61. The van der Waals surface area contributed by atoms with Crippen LogP contribution in [0.4, 0.5) is 4.39 Å². The summed E-state index contributed by atoms with van der Waals surface area (Å²) in [5.41, 5.74) is 0.517. The third-order valence-electron chi connectivity index (χ3n) is 3.61. The van der Waals surface area contributed by atoms with E-state index in [1.54, 1.807) is 0 Å². The molecule has 0 aliphatic carbocycles. The molecule has 21 heavy (non-hydrogen) atoms. The highest BCUT2D eigenvalue weighted by molar-refractivity contribution is 5.94. The summed E-state index contributed by atoms with van der Waals surface area (Å²) in [5, 5.41) is 2.99. The number of hydrogen-bond acceptors (Lipinski definition) is 1. The summed E-state index contributed by atoms with van der Waals surface area (Å²) in [6, 6.07) is 5.69. The van der Waals surface area contributed by atoms with Crippen LogP contribution in [-0.2, 0) is 0 Å². The average Bonchev–Trinajstić information content (AvgIpc) is 2.41. The Morgan fingerprint density at radius 1 is 1.05 bits per heavy atom. The van der Waals surface area contributed by atoms with Gasteiger partial charge in [-0.25, -0.2) is 4.39 Å². The molecule has 3 heteroatoms. The Hall–Kier alpha value is -1.38. The van der Waals surface area contributed by atoms with Crippen LogP contribution in [0.25, 0.3) is 0 Å². The number of carbonyl (C=O) groups is 1. The van der Waals surface area contributed by atoms with Gasteiger partial charge in [0.1, 0.15) is 5.82 Å². The van der Waals surface area contributed by atoms with Gasteiger partial charge in [-0.15, -0.1) is 0 Å². The van der Waals surface area contributed by atoms with E-state index in [0.717, 1.165) is 12.8 Å². The van der Waals surface area contributed by atoms with Crippen molar-refractivity contribution in [3.8, 4) is 0 Å². The molecule has 118 valence electrons. The minimum atomic E-state index is -0.318. The van der Waals surface area contributed by atoms with Gasteiger partial charge in [-0.05, 0) is 54.9 Å². The predicted octanol–water partition coefficient (Wildman–Crippen LogP) is 4.65. The molecule has 1 N–H and O–H groups in total. The van der Waals surface area contributed by atoms with Crippen molar-refractivity contribution in [2.45, 2.75) is 47.0 Å². The molecule has 0 aromatic heterocycles. The van der Waals surface area contributed by atoms with Gasteiger partial charge in [-0.2, -0.15) is 0 Å². The molecule has 0 spiro atoms. The highest BCUT2D eigenvalue weighted by Crippen LogP contribution is 2.19. The minimum Gasteiger partial charge on any atom is -0.352 e. The molecule has 0 saturated carbocycles. The second-order valence-corrected chi connectivity index (χ2v) is 6.68. The van der Waals surface area contributed by atoms with Gasteiger partial charge in [-0.1, -0.05) is 34.1 Å². The van der Waals surface area contributed by atoms with Gasteiger partial charge >= 0.3 is 0 Å². The Bertz CT molecular complexity index is 425. The topological polar surface area (TPSA) is 29.1 Å². The molecule has 0 aliphatic heterocycles. The zero-order valence-electron chi connectivity index (χ0n) is 13.7. The van der Waals surface area contributed by atoms with Crippen LogP contribution < -0.4 is 5.32 Å². The Morgan fingerprint density at radius 2 is 1.67 bits per heavy atom. The SMILES string of the molecule is CC(C)CCC(CNC(=O)c1ccc(F)cc1)CC(C)C. The summed E-state index contributed by atoms with van der Waals surface area (Å²) < 4.78 is 12.9. The van der Waals surface area contributed by atoms with E-state index < -0.39 is 0 Å². The zero-order chi connectivity index (χ0) is 15.8. The quantitative estimate of drug-likeness (QED) is 0.742. The van der Waals surface area contributed by atoms with Crippen LogP contribution in [0.1, 0.15) is 57.3 Å². The van der Waals surface area contributed by atoms with Crippen molar-refractivity contribution in [3.05, 3.63) is 35.6 Å². The molecule has 0 aliphatic rings. The van der Waals surface area contributed by atoms with Crippen LogP contribution in [0.15, 0.2) is 24.3 Å². The van der Waals surface area contributed by atoms with E-state index in [1.807, 2.05) is 0 Å². The van der Waals surface area contributed by atoms with Gasteiger partial charge in [0.2, 0.25) is 0 Å². The van der Waals surface area contributed by atoms with E-state index in [0.29, 0.717) is 29.9 Å². The molecule has 2 nitrogen and oxygen atoms in total. The first kappa shape index (κ1) is 17.7. The molecular weight excluding hydrogens is 265 g/mol. The molecule has 1 rings (SSSR count). The van der Waals surface area contributed by atoms with E-state index >= 15 is 0 Å². The van der Waals surface area contributed by atoms with Crippen molar-refractivity contribution >= 4 is 5.91 Å². The lowest BCUT2D eigenvalue weighted by molar-refractivity contribution is 0.0943. The smallest absolute Gasteiger partial charge is 0.251 e. The van der Waals surface area contributed by atoms with Crippen molar-refractivity contribution in [3.63, 3.8) is 0 Å². The largest absolute Gasteiger partial charge is 0.352 e. The first-order valence-electron chi connectivity index (χ1n) is 7.92. The summed E-state index contributed by atoms with van der Waals surface area (Å²) >= 11 is 0. The van der Waals surface area contributed by atoms with Gasteiger partial charge < -0.3 is 5.32 Å². The van der Waals surface area contributed by atoms with E-state index in [9.17, 15) is 9.18 Å². The lowest BCUT2D eigenvalue weighted by atomic mass is 9.90. The lowest BCUT2D eigenvalue weighted by Gasteiger charge is -2.20. The first-order chi connectivity index (χ1) is 9.88. The maximum Gasteiger partial charge on any atom is 0.251 e. The maximum atomic E-state index is 12.9. The molecule has 0 radical (unpaired) electrons. The Labute approximate surface area is 128 Å². The predicted molar refractivity (Wildman–Crippen MR) is 85.8 cm³/mol. The summed E-state index contributed by atoms with van der Waals surface area (Å²) in [6.45, 7) is 9.57. The molecule has 1 unspecified atom stereocenters. The number of halogens is 1. The maximum absolute atomic E-state index is 12.9. The van der Waals surface area contributed by atoms with Crippen LogP contribution >= 0.6 is 0 Å². The fourth-order valence-electron chi connectivity index (χ4n) is 2.48. The first-order valence-corrected chi connectivity index (χ1v) is 7.92. The summed E-state index contributed by atoms with van der Waals surface area (Å²) in [6.07, 6.45) is 3.44. The third kappa shape index (κ3) is 7.26. The Kier molecular flexibility index (Phi) is 7.41. The summed E-state index contributed by atoms with van der Waals surface area (Å²) in [7, 11) is 0. The molecule has 1 atom stereocenters. The van der Waals surface area contributed by atoms with E-state index in [4.69, 9.17) is 0 Å². The van der Waals surface area contributed by atoms with Crippen molar-refractivity contribution < 1.29 is 9.18 Å². The average molecular weight is 293 g/mol. The number of hydrogen-bond donors (Lipinski definition) is 1. The summed E-state index contributed by atoms with van der Waals surface area (Å²) in [5.74, 6) is 1.39. The number of nitrogens with one attached hydrogen (secondary N) is 1. The van der Waals surface area contributed by atoms with Crippen LogP contribution in [0.2, 0.25) is 0 Å². The summed E-state index contributed by atoms with van der Waals surface area (Å²) in [4.78, 5) is 12.1. The van der Waals surface area contributed by atoms with Crippen LogP contribution in [0.3, 0.4) is 0 Å². The minimum absolute atomic E-state index is 0.117. The molecule has 1 amide bonds. The number of carbonyl (C=O) groups excluding carboxylic acids is 1. The fraction of sp³-hybridized carbons (Fsp3) is 0.611. The van der Waals surface area contributed by atoms with Crippen LogP contribution in [-0.4, -0.2) is 12.5 Å². The van der Waals surface area contributed by atoms with E-state index in [1.165, 1.54) is 30.7 Å². The lowest BCUT2D eigenvalue weighted by Crippen LogP contribution is -2.30. The van der Waals surface area contributed by atoms with Gasteiger partial charge in [0, 0.05) is 12.1 Å². The normalized spacial score (nSPS) is 12.7. The zero-order valence-corrected chi connectivity index (χ0v) is 13.7. The number of rotatable bonds is 8. The second kappa shape index (κ2) is 8.81.